The van der Waals surface area contributed by atoms with Crippen LogP contribution in [0.5, 0.6) is 5.75 Å². The molecule has 0 radical (unpaired) electrons. The number of amides is 4. The number of carbonyl (C=O) groups is 3. The summed E-state index contributed by atoms with van der Waals surface area (Å²) in [5.74, 6) is 1.73. The first kappa shape index (κ1) is 27.4. The van der Waals surface area contributed by atoms with Crippen LogP contribution >= 0.6 is 27.5 Å². The third-order valence-electron chi connectivity index (χ3n) is 9.45. The van der Waals surface area contributed by atoms with E-state index in [0.717, 1.165) is 28.2 Å². The molecule has 214 valence electrons. The SMILES string of the molecule is O=C1NC(=O)N(c2ccc(C34CC5CC(CC(C5)C3)C4)cc2)C(=O)/C1=C/c1ccc(OCc2ccc(Cl)cc2)c(Br)c1. The summed E-state index contributed by atoms with van der Waals surface area (Å²) in [4.78, 5) is 40.2. The summed E-state index contributed by atoms with van der Waals surface area (Å²) in [5, 5.41) is 2.99. The third kappa shape index (κ3) is 5.07. The van der Waals surface area contributed by atoms with Gasteiger partial charge < -0.3 is 4.74 Å². The zero-order valence-electron chi connectivity index (χ0n) is 22.9. The second-order valence-electron chi connectivity index (χ2n) is 12.3. The molecule has 1 N–H and O–H groups in total. The summed E-state index contributed by atoms with van der Waals surface area (Å²) >= 11 is 9.48. The molecule has 4 bridgehead atoms. The van der Waals surface area contributed by atoms with Gasteiger partial charge in [0.1, 0.15) is 17.9 Å². The fourth-order valence-electron chi connectivity index (χ4n) is 7.95. The molecule has 3 aromatic carbocycles. The lowest BCUT2D eigenvalue weighted by Crippen LogP contribution is -2.54. The van der Waals surface area contributed by atoms with E-state index in [1.165, 1.54) is 50.2 Å². The fourth-order valence-corrected chi connectivity index (χ4v) is 8.59. The van der Waals surface area contributed by atoms with Crippen LogP contribution < -0.4 is 15.0 Å². The maximum atomic E-state index is 13.5. The fraction of sp³-hybridized carbons (Fsp3) is 0.324. The number of nitrogens with zero attached hydrogens (tertiary/aromatic N) is 1. The lowest BCUT2D eigenvalue weighted by Gasteiger charge is -2.57. The van der Waals surface area contributed by atoms with Crippen molar-refractivity contribution in [2.75, 3.05) is 4.90 Å². The quantitative estimate of drug-likeness (QED) is 0.219. The molecule has 1 saturated heterocycles. The first-order valence-electron chi connectivity index (χ1n) is 14.5. The van der Waals surface area contributed by atoms with Gasteiger partial charge in [0.05, 0.1) is 10.2 Å². The van der Waals surface area contributed by atoms with Crippen LogP contribution in [-0.4, -0.2) is 17.8 Å². The van der Waals surface area contributed by atoms with Gasteiger partial charge in [-0.05, 0) is 137 Å². The van der Waals surface area contributed by atoms with Crippen LogP contribution in [0.4, 0.5) is 10.5 Å². The number of nitrogens with one attached hydrogen (secondary N) is 1. The summed E-state index contributed by atoms with van der Waals surface area (Å²) in [6, 6.07) is 19.8. The number of halogens is 2. The number of barbiturate groups is 1. The van der Waals surface area contributed by atoms with E-state index < -0.39 is 17.8 Å². The van der Waals surface area contributed by atoms with Gasteiger partial charge in [-0.25, -0.2) is 9.69 Å². The van der Waals surface area contributed by atoms with E-state index in [2.05, 4.69) is 33.4 Å². The van der Waals surface area contributed by atoms with Gasteiger partial charge in [0.15, 0.2) is 0 Å². The second kappa shape index (κ2) is 10.7. The number of benzene rings is 3. The summed E-state index contributed by atoms with van der Waals surface area (Å²) in [6.07, 6.45) is 9.33. The third-order valence-corrected chi connectivity index (χ3v) is 10.3. The van der Waals surface area contributed by atoms with E-state index in [1.54, 1.807) is 18.2 Å². The first-order valence-corrected chi connectivity index (χ1v) is 15.6. The Morgan fingerprint density at radius 2 is 1.55 bits per heavy atom. The largest absolute Gasteiger partial charge is 0.488 e. The van der Waals surface area contributed by atoms with Gasteiger partial charge in [-0.15, -0.1) is 0 Å². The lowest BCUT2D eigenvalue weighted by atomic mass is 9.48. The molecule has 0 unspecified atom stereocenters. The molecule has 4 amide bonds. The van der Waals surface area contributed by atoms with Crippen molar-refractivity contribution in [1.82, 2.24) is 5.32 Å². The van der Waals surface area contributed by atoms with Crippen LogP contribution in [0.3, 0.4) is 0 Å². The number of urea groups is 1. The molecule has 42 heavy (non-hydrogen) atoms. The minimum Gasteiger partial charge on any atom is -0.488 e. The van der Waals surface area contributed by atoms with Crippen molar-refractivity contribution in [1.29, 1.82) is 0 Å². The first-order chi connectivity index (χ1) is 20.3. The Hall–Kier alpha value is -3.42. The molecule has 3 aromatic rings. The maximum Gasteiger partial charge on any atom is 0.335 e. The number of ether oxygens (including phenoxy) is 1. The Bertz CT molecular complexity index is 1580. The van der Waals surface area contributed by atoms with Crippen molar-refractivity contribution in [3.63, 3.8) is 0 Å². The van der Waals surface area contributed by atoms with Crippen LogP contribution in [0.25, 0.3) is 6.08 Å². The molecular formula is C34H30BrClN2O4. The van der Waals surface area contributed by atoms with Crippen molar-refractivity contribution in [2.24, 2.45) is 17.8 Å². The van der Waals surface area contributed by atoms with Gasteiger partial charge in [0.25, 0.3) is 11.8 Å². The highest BCUT2D eigenvalue weighted by Crippen LogP contribution is 2.60. The van der Waals surface area contributed by atoms with E-state index in [9.17, 15) is 14.4 Å². The average Bonchev–Trinajstić information content (AvgIpc) is 2.95. The molecule has 0 aromatic heterocycles. The van der Waals surface area contributed by atoms with Crippen LogP contribution in [0, 0.1) is 17.8 Å². The van der Waals surface area contributed by atoms with Crippen LogP contribution in [0.2, 0.25) is 5.02 Å². The smallest absolute Gasteiger partial charge is 0.335 e. The number of hydrogen-bond donors (Lipinski definition) is 1. The van der Waals surface area contributed by atoms with Gasteiger partial charge >= 0.3 is 6.03 Å². The Morgan fingerprint density at radius 1 is 0.905 bits per heavy atom. The number of carbonyl (C=O) groups excluding carboxylic acids is 3. The normalized spacial score (nSPS) is 27.5. The van der Waals surface area contributed by atoms with Crippen LogP contribution in [0.1, 0.15) is 55.2 Å². The molecule has 1 heterocycles. The highest BCUT2D eigenvalue weighted by molar-refractivity contribution is 9.10. The molecule has 5 fully saturated rings. The zero-order valence-corrected chi connectivity index (χ0v) is 25.3. The van der Waals surface area contributed by atoms with Crippen LogP contribution in [0.15, 0.2) is 76.8 Å². The zero-order chi connectivity index (χ0) is 29.0. The molecule has 6 nitrogen and oxygen atoms in total. The molecule has 8 rings (SSSR count). The second-order valence-corrected chi connectivity index (χ2v) is 13.6. The van der Waals surface area contributed by atoms with Crippen molar-refractivity contribution in [3.8, 4) is 5.75 Å². The molecule has 0 spiro atoms. The summed E-state index contributed by atoms with van der Waals surface area (Å²) in [5.41, 5.74) is 3.47. The number of rotatable bonds is 6. The Balaban J connectivity index is 1.09. The number of imide groups is 2. The predicted molar refractivity (Wildman–Crippen MR) is 165 cm³/mol. The highest BCUT2D eigenvalue weighted by atomic mass is 79.9. The number of anilines is 1. The van der Waals surface area contributed by atoms with Crippen LogP contribution in [-0.2, 0) is 21.6 Å². The highest BCUT2D eigenvalue weighted by Gasteiger charge is 2.51. The lowest BCUT2D eigenvalue weighted by molar-refractivity contribution is -0.122. The predicted octanol–water partition coefficient (Wildman–Crippen LogP) is 7.82. The van der Waals surface area contributed by atoms with Gasteiger partial charge in [-0.3, -0.25) is 14.9 Å². The molecule has 1 aliphatic heterocycles. The van der Waals surface area contributed by atoms with E-state index in [1.807, 2.05) is 36.4 Å². The molecule has 4 aliphatic carbocycles. The Labute approximate surface area is 258 Å². The summed E-state index contributed by atoms with van der Waals surface area (Å²) in [6.45, 7) is 0.357. The van der Waals surface area contributed by atoms with E-state index in [4.69, 9.17) is 16.3 Å². The van der Waals surface area contributed by atoms with E-state index >= 15 is 0 Å². The average molecular weight is 646 g/mol. The van der Waals surface area contributed by atoms with Gasteiger partial charge in [0, 0.05) is 5.02 Å². The summed E-state index contributed by atoms with van der Waals surface area (Å²) in [7, 11) is 0. The molecule has 5 aliphatic rings. The van der Waals surface area contributed by atoms with E-state index in [0.29, 0.717) is 33.1 Å². The maximum absolute atomic E-state index is 13.5. The van der Waals surface area contributed by atoms with Gasteiger partial charge in [-0.1, -0.05) is 41.9 Å². The Kier molecular flexibility index (Phi) is 6.98. The van der Waals surface area contributed by atoms with Crippen molar-refractivity contribution in [3.05, 3.63) is 98.5 Å². The molecular weight excluding hydrogens is 616 g/mol. The van der Waals surface area contributed by atoms with Crippen molar-refractivity contribution >= 4 is 57.1 Å². The molecule has 4 saturated carbocycles. The molecule has 0 atom stereocenters. The minimum atomic E-state index is -0.739. The summed E-state index contributed by atoms with van der Waals surface area (Å²) < 4.78 is 6.58. The topological polar surface area (TPSA) is 75.7 Å². The Morgan fingerprint density at radius 3 is 2.17 bits per heavy atom. The van der Waals surface area contributed by atoms with Gasteiger partial charge in [0.2, 0.25) is 0 Å². The van der Waals surface area contributed by atoms with Crippen molar-refractivity contribution in [2.45, 2.75) is 50.5 Å². The monoisotopic (exact) mass is 644 g/mol. The van der Waals surface area contributed by atoms with E-state index in [-0.39, 0.29) is 11.0 Å². The minimum absolute atomic E-state index is 0.110. The standard InChI is InChI=1S/C34H30BrClN2O4/c35-29-15-21(3-10-30(29)42-19-20-1-6-26(36)7-2-20)14-28-31(39)37-33(41)38(32(28)40)27-8-4-25(5-9-27)34-16-22-11-23(17-34)13-24(12-22)18-34/h1-10,14-15,22-24H,11-13,16-19H2,(H,37,39,41)/b28-14+. The van der Waals surface area contributed by atoms with Gasteiger partial charge in [-0.2, -0.15) is 0 Å². The van der Waals surface area contributed by atoms with Crippen molar-refractivity contribution < 1.29 is 19.1 Å². The number of hydrogen-bond acceptors (Lipinski definition) is 4. The molecule has 8 heteroatoms.